The molecule has 1 N–H and O–H groups in total. The highest BCUT2D eigenvalue weighted by atomic mass is 16.7. The monoisotopic (exact) mass is 292 g/mol. The van der Waals surface area contributed by atoms with Gasteiger partial charge in [-0.15, -0.1) is 0 Å². The van der Waals surface area contributed by atoms with Crippen molar-refractivity contribution in [3.63, 3.8) is 0 Å². The lowest BCUT2D eigenvalue weighted by Gasteiger charge is -2.35. The van der Waals surface area contributed by atoms with E-state index in [4.69, 9.17) is 14.2 Å². The Morgan fingerprint density at radius 3 is 2.76 bits per heavy atom. The van der Waals surface area contributed by atoms with Gasteiger partial charge in [0.05, 0.1) is 20.3 Å². The van der Waals surface area contributed by atoms with Gasteiger partial charge in [0.15, 0.2) is 5.79 Å². The second-order valence-electron chi connectivity index (χ2n) is 5.42. The summed E-state index contributed by atoms with van der Waals surface area (Å²) in [4.78, 5) is 16.4. The van der Waals surface area contributed by atoms with Crippen LogP contribution in [0.15, 0.2) is 18.3 Å². The average molecular weight is 292 g/mol. The lowest BCUT2D eigenvalue weighted by atomic mass is 9.90. The number of amides is 1. The molecule has 21 heavy (non-hydrogen) atoms. The molecule has 1 saturated heterocycles. The number of carbonyl (C=O) groups excluding carboxylic acids is 1. The molecule has 2 heterocycles. The van der Waals surface area contributed by atoms with E-state index in [2.05, 4.69) is 10.3 Å². The molecule has 1 saturated carbocycles. The number of carbonyl (C=O) groups is 1. The molecule has 1 aliphatic carbocycles. The van der Waals surface area contributed by atoms with Crippen LogP contribution in [-0.2, 0) is 9.47 Å². The van der Waals surface area contributed by atoms with Gasteiger partial charge in [-0.05, 0) is 25.0 Å². The summed E-state index contributed by atoms with van der Waals surface area (Å²) < 4.78 is 16.5. The van der Waals surface area contributed by atoms with E-state index in [0.717, 1.165) is 25.7 Å². The van der Waals surface area contributed by atoms with Crippen LogP contribution in [0.3, 0.4) is 0 Å². The fraction of sp³-hybridized carbons (Fsp3) is 0.600. The number of hydrogen-bond acceptors (Lipinski definition) is 5. The molecule has 0 bridgehead atoms. The van der Waals surface area contributed by atoms with Crippen molar-refractivity contribution < 1.29 is 19.0 Å². The highest BCUT2D eigenvalue weighted by Gasteiger charge is 2.40. The summed E-state index contributed by atoms with van der Waals surface area (Å²) in [5.41, 5.74) is 0.466. The molecule has 0 atom stereocenters. The molecule has 6 heteroatoms. The zero-order valence-electron chi connectivity index (χ0n) is 12.1. The first-order valence-electron chi connectivity index (χ1n) is 7.30. The van der Waals surface area contributed by atoms with Crippen molar-refractivity contribution in [1.29, 1.82) is 0 Å². The predicted octanol–water partition coefficient (Wildman–Crippen LogP) is 1.51. The van der Waals surface area contributed by atoms with Crippen LogP contribution in [0.25, 0.3) is 0 Å². The number of pyridine rings is 1. The van der Waals surface area contributed by atoms with Crippen molar-refractivity contribution in [3.05, 3.63) is 23.9 Å². The van der Waals surface area contributed by atoms with Crippen molar-refractivity contribution in [2.45, 2.75) is 37.5 Å². The van der Waals surface area contributed by atoms with E-state index in [0.29, 0.717) is 24.7 Å². The van der Waals surface area contributed by atoms with Gasteiger partial charge in [-0.2, -0.15) is 0 Å². The Balaban J connectivity index is 1.59. The molecule has 3 rings (SSSR count). The lowest BCUT2D eigenvalue weighted by Crippen LogP contribution is -2.44. The smallest absolute Gasteiger partial charge is 0.256 e. The zero-order chi connectivity index (χ0) is 14.7. The van der Waals surface area contributed by atoms with Crippen LogP contribution in [0.5, 0.6) is 5.88 Å². The maximum absolute atomic E-state index is 12.3. The molecule has 6 nitrogen and oxygen atoms in total. The summed E-state index contributed by atoms with van der Waals surface area (Å²) in [5, 5.41) is 3.05. The van der Waals surface area contributed by atoms with Crippen LogP contribution in [0.1, 0.15) is 36.0 Å². The summed E-state index contributed by atoms with van der Waals surface area (Å²) in [7, 11) is 1.51. The molecule has 114 valence electrons. The third kappa shape index (κ3) is 3.01. The highest BCUT2D eigenvalue weighted by Crippen LogP contribution is 2.35. The van der Waals surface area contributed by atoms with Crippen molar-refractivity contribution in [3.8, 4) is 5.88 Å². The Morgan fingerprint density at radius 1 is 1.38 bits per heavy atom. The topological polar surface area (TPSA) is 69.7 Å². The molecular formula is C15H20N2O4. The second kappa shape index (κ2) is 5.99. The minimum atomic E-state index is -0.396. The lowest BCUT2D eigenvalue weighted by molar-refractivity contribution is -0.179. The van der Waals surface area contributed by atoms with Gasteiger partial charge in [0.2, 0.25) is 5.88 Å². The molecule has 1 aliphatic heterocycles. The van der Waals surface area contributed by atoms with Gasteiger partial charge in [0, 0.05) is 25.1 Å². The van der Waals surface area contributed by atoms with Gasteiger partial charge in [0.1, 0.15) is 5.56 Å². The minimum Gasteiger partial charge on any atom is -0.480 e. The number of aromatic nitrogens is 1. The van der Waals surface area contributed by atoms with Crippen molar-refractivity contribution in [1.82, 2.24) is 10.3 Å². The number of methoxy groups -OCH3 is 1. The van der Waals surface area contributed by atoms with Crippen LogP contribution in [-0.4, -0.2) is 43.0 Å². The zero-order valence-corrected chi connectivity index (χ0v) is 12.1. The van der Waals surface area contributed by atoms with Crippen molar-refractivity contribution in [2.75, 3.05) is 20.3 Å². The quantitative estimate of drug-likeness (QED) is 0.914. The second-order valence-corrected chi connectivity index (χ2v) is 5.42. The highest BCUT2D eigenvalue weighted by molar-refractivity contribution is 5.96. The fourth-order valence-electron chi connectivity index (χ4n) is 2.98. The first-order chi connectivity index (χ1) is 10.2. The number of nitrogens with zero attached hydrogens (tertiary/aromatic N) is 1. The maximum atomic E-state index is 12.3. The van der Waals surface area contributed by atoms with E-state index in [1.54, 1.807) is 18.3 Å². The van der Waals surface area contributed by atoms with Crippen LogP contribution in [0.4, 0.5) is 0 Å². The molecule has 1 spiro atoms. The van der Waals surface area contributed by atoms with E-state index in [1.807, 2.05) is 0 Å². The van der Waals surface area contributed by atoms with E-state index in [9.17, 15) is 4.79 Å². The molecule has 2 fully saturated rings. The third-order valence-corrected chi connectivity index (χ3v) is 4.11. The molecule has 1 aromatic rings. The Bertz CT molecular complexity index is 504. The Kier molecular flexibility index (Phi) is 4.07. The number of rotatable bonds is 3. The Morgan fingerprint density at radius 2 is 2.10 bits per heavy atom. The first kappa shape index (κ1) is 14.3. The van der Waals surface area contributed by atoms with E-state index < -0.39 is 5.79 Å². The summed E-state index contributed by atoms with van der Waals surface area (Å²) in [5.74, 6) is -0.188. The molecule has 0 aromatic carbocycles. The van der Waals surface area contributed by atoms with Gasteiger partial charge in [-0.25, -0.2) is 4.98 Å². The van der Waals surface area contributed by atoms with E-state index in [1.165, 1.54) is 7.11 Å². The normalized spacial score (nSPS) is 21.4. The maximum Gasteiger partial charge on any atom is 0.256 e. The van der Waals surface area contributed by atoms with Gasteiger partial charge in [-0.3, -0.25) is 4.79 Å². The molecule has 0 unspecified atom stereocenters. The van der Waals surface area contributed by atoms with Crippen molar-refractivity contribution >= 4 is 5.91 Å². The largest absolute Gasteiger partial charge is 0.480 e. The van der Waals surface area contributed by atoms with Crippen LogP contribution >= 0.6 is 0 Å². The van der Waals surface area contributed by atoms with Crippen LogP contribution in [0, 0.1) is 0 Å². The van der Waals surface area contributed by atoms with Crippen molar-refractivity contribution in [2.24, 2.45) is 0 Å². The predicted molar refractivity (Wildman–Crippen MR) is 75.1 cm³/mol. The summed E-state index contributed by atoms with van der Waals surface area (Å²) in [6.07, 6.45) is 4.96. The van der Waals surface area contributed by atoms with Gasteiger partial charge < -0.3 is 19.5 Å². The van der Waals surface area contributed by atoms with Gasteiger partial charge in [-0.1, -0.05) is 0 Å². The molecule has 2 aliphatic rings. The molecule has 0 radical (unpaired) electrons. The SMILES string of the molecule is COc1ncccc1C(=O)NC1CCC2(CC1)OCCO2. The molecule has 1 amide bonds. The first-order valence-corrected chi connectivity index (χ1v) is 7.30. The summed E-state index contributed by atoms with van der Waals surface area (Å²) in [6, 6.07) is 3.59. The van der Waals surface area contributed by atoms with Gasteiger partial charge in [0.25, 0.3) is 5.91 Å². The van der Waals surface area contributed by atoms with Crippen LogP contribution in [0.2, 0.25) is 0 Å². The summed E-state index contributed by atoms with van der Waals surface area (Å²) in [6.45, 7) is 1.34. The number of ether oxygens (including phenoxy) is 3. The Hall–Kier alpha value is -1.66. The Labute approximate surface area is 123 Å². The van der Waals surface area contributed by atoms with Gasteiger partial charge >= 0.3 is 0 Å². The van der Waals surface area contributed by atoms with E-state index in [-0.39, 0.29) is 11.9 Å². The van der Waals surface area contributed by atoms with E-state index >= 15 is 0 Å². The summed E-state index contributed by atoms with van der Waals surface area (Å²) >= 11 is 0. The molecule has 1 aromatic heterocycles. The molecular weight excluding hydrogens is 272 g/mol. The van der Waals surface area contributed by atoms with Crippen LogP contribution < -0.4 is 10.1 Å². The standard InChI is InChI=1S/C15H20N2O4/c1-19-14-12(3-2-8-16-14)13(18)17-11-4-6-15(7-5-11)20-9-10-21-15/h2-3,8,11H,4-7,9-10H2,1H3,(H,17,18). The fourth-order valence-corrected chi connectivity index (χ4v) is 2.98. The number of nitrogens with one attached hydrogen (secondary N) is 1. The number of hydrogen-bond donors (Lipinski definition) is 1. The minimum absolute atomic E-state index is 0.140. The average Bonchev–Trinajstić information content (AvgIpc) is 2.98. The third-order valence-electron chi connectivity index (χ3n) is 4.11.